The summed E-state index contributed by atoms with van der Waals surface area (Å²) in [5, 5.41) is 0. The Bertz CT molecular complexity index is 337. The fourth-order valence-corrected chi connectivity index (χ4v) is 8.44. The van der Waals surface area contributed by atoms with E-state index in [-0.39, 0.29) is 19.1 Å². The largest absolute Gasteiger partial charge is 0.340 e. The Labute approximate surface area is 114 Å². The molecule has 0 amide bonds. The third-order valence-electron chi connectivity index (χ3n) is 2.75. The number of nitrogens with zero attached hydrogens (tertiary/aromatic N) is 1. The molecule has 0 aliphatic carbocycles. The van der Waals surface area contributed by atoms with Crippen LogP contribution in [0.5, 0.6) is 0 Å². The van der Waals surface area contributed by atoms with Gasteiger partial charge in [-0.25, -0.2) is 4.67 Å². The Morgan fingerprint density at radius 1 is 1.06 bits per heavy atom. The highest BCUT2D eigenvalue weighted by Crippen LogP contribution is 2.67. The Morgan fingerprint density at radius 3 is 2.00 bits per heavy atom. The molecule has 1 heterocycles. The van der Waals surface area contributed by atoms with E-state index in [1.54, 1.807) is 18.5 Å². The van der Waals surface area contributed by atoms with E-state index in [1.807, 2.05) is 0 Å². The molecule has 1 atom stereocenters. The molecule has 0 aromatic rings. The lowest BCUT2D eigenvalue weighted by molar-refractivity contribution is 0.223. The van der Waals surface area contributed by atoms with Crippen LogP contribution in [0.2, 0.25) is 0 Å². The Balaban J connectivity index is 2.71. The van der Waals surface area contributed by atoms with Crippen molar-refractivity contribution in [3.63, 3.8) is 0 Å². The van der Waals surface area contributed by atoms with Crippen molar-refractivity contribution in [2.75, 3.05) is 32.2 Å². The molecule has 0 aromatic carbocycles. The zero-order valence-electron chi connectivity index (χ0n) is 11.0. The van der Waals surface area contributed by atoms with Gasteiger partial charge in [-0.2, -0.15) is 0 Å². The van der Waals surface area contributed by atoms with Crippen molar-refractivity contribution in [1.82, 2.24) is 4.67 Å². The Hall–Kier alpha value is 0.630. The van der Waals surface area contributed by atoms with E-state index in [2.05, 4.69) is 0 Å². The van der Waals surface area contributed by atoms with Crippen molar-refractivity contribution < 1.29 is 18.2 Å². The minimum Gasteiger partial charge on any atom is -0.308 e. The van der Waals surface area contributed by atoms with Gasteiger partial charge >= 0.3 is 7.60 Å². The van der Waals surface area contributed by atoms with Crippen molar-refractivity contribution in [2.24, 2.45) is 0 Å². The summed E-state index contributed by atoms with van der Waals surface area (Å²) in [5.74, 6) is -0.205. The highest BCUT2D eigenvalue weighted by molar-refractivity contribution is 7.93. The summed E-state index contributed by atoms with van der Waals surface area (Å²) in [6, 6.07) is 0. The summed E-state index contributed by atoms with van der Waals surface area (Å²) in [4.78, 5) is 0. The SMILES string of the molecule is CCOP(=O)(CP(=O)(Cl)N1CCCCC1)OCC. The van der Waals surface area contributed by atoms with Crippen LogP contribution in [0.15, 0.2) is 0 Å². The highest BCUT2D eigenvalue weighted by Gasteiger charge is 2.39. The first-order chi connectivity index (χ1) is 8.43. The number of rotatable bonds is 7. The minimum absolute atomic E-state index is 0.205. The molecule has 1 aliphatic heterocycles. The summed E-state index contributed by atoms with van der Waals surface area (Å²) in [6.07, 6.45) is 3.08. The van der Waals surface area contributed by atoms with Gasteiger partial charge in [-0.1, -0.05) is 6.42 Å². The molecule has 108 valence electrons. The van der Waals surface area contributed by atoms with E-state index >= 15 is 0 Å². The van der Waals surface area contributed by atoms with Crippen LogP contribution < -0.4 is 0 Å². The maximum absolute atomic E-state index is 12.5. The van der Waals surface area contributed by atoms with E-state index in [0.717, 1.165) is 19.3 Å². The van der Waals surface area contributed by atoms with Crippen molar-refractivity contribution in [2.45, 2.75) is 33.1 Å². The van der Waals surface area contributed by atoms with Crippen molar-refractivity contribution in [3.8, 4) is 0 Å². The van der Waals surface area contributed by atoms with Crippen LogP contribution in [-0.4, -0.2) is 36.9 Å². The van der Waals surface area contributed by atoms with Gasteiger partial charge in [0.15, 0.2) is 0 Å². The minimum atomic E-state index is -3.34. The second kappa shape index (κ2) is 7.42. The second-order valence-electron chi connectivity index (χ2n) is 4.22. The van der Waals surface area contributed by atoms with Gasteiger partial charge in [-0.05, 0) is 37.9 Å². The van der Waals surface area contributed by atoms with Gasteiger partial charge in [0.1, 0.15) is 5.90 Å². The van der Waals surface area contributed by atoms with Crippen LogP contribution in [0.3, 0.4) is 0 Å². The van der Waals surface area contributed by atoms with E-state index in [1.165, 1.54) is 0 Å². The molecule has 0 aromatic heterocycles. The lowest BCUT2D eigenvalue weighted by Crippen LogP contribution is -2.26. The van der Waals surface area contributed by atoms with Crippen LogP contribution in [0.1, 0.15) is 33.1 Å². The summed E-state index contributed by atoms with van der Waals surface area (Å²) in [5.41, 5.74) is 0. The van der Waals surface area contributed by atoms with E-state index in [0.29, 0.717) is 13.1 Å². The number of hydrogen-bond donors (Lipinski definition) is 0. The molecule has 5 nitrogen and oxygen atoms in total. The quantitative estimate of drug-likeness (QED) is 0.661. The lowest BCUT2D eigenvalue weighted by Gasteiger charge is -2.31. The fraction of sp³-hybridized carbons (Fsp3) is 1.00. The molecule has 18 heavy (non-hydrogen) atoms. The molecule has 0 N–H and O–H groups in total. The van der Waals surface area contributed by atoms with E-state index < -0.39 is 14.2 Å². The van der Waals surface area contributed by atoms with Crippen molar-refractivity contribution >= 4 is 25.5 Å². The zero-order valence-corrected chi connectivity index (χ0v) is 13.6. The average Bonchev–Trinajstić information content (AvgIpc) is 2.29. The standard InChI is InChI=1S/C10H22ClNO4P2/c1-3-15-18(14,16-4-2)10-17(11,13)12-8-6-5-7-9-12/h3-10H2,1-2H3. The predicted octanol–water partition coefficient (Wildman–Crippen LogP) is 4.13. The van der Waals surface area contributed by atoms with Gasteiger partial charge in [-0.15, -0.1) is 0 Å². The molecular formula is C10H22ClNO4P2. The Morgan fingerprint density at radius 2 is 1.56 bits per heavy atom. The first-order valence-electron chi connectivity index (χ1n) is 6.36. The maximum atomic E-state index is 12.5. The van der Waals surface area contributed by atoms with Crippen LogP contribution in [0, 0.1) is 0 Å². The van der Waals surface area contributed by atoms with Gasteiger partial charge in [-0.3, -0.25) is 9.13 Å². The van der Waals surface area contributed by atoms with Gasteiger partial charge in [0.25, 0.3) is 0 Å². The molecule has 1 saturated heterocycles. The monoisotopic (exact) mass is 317 g/mol. The van der Waals surface area contributed by atoms with Gasteiger partial charge in [0, 0.05) is 13.1 Å². The molecule has 1 unspecified atom stereocenters. The zero-order chi connectivity index (χ0) is 13.6. The summed E-state index contributed by atoms with van der Waals surface area (Å²) in [6.45, 7) is 2.20. The summed E-state index contributed by atoms with van der Waals surface area (Å²) in [7, 11) is -3.34. The molecule has 0 bridgehead atoms. The van der Waals surface area contributed by atoms with Crippen LogP contribution in [0.4, 0.5) is 0 Å². The summed E-state index contributed by atoms with van der Waals surface area (Å²) >= 11 is 6.12. The van der Waals surface area contributed by atoms with Gasteiger partial charge < -0.3 is 9.05 Å². The smallest absolute Gasteiger partial charge is 0.308 e. The number of halogens is 1. The number of hydrogen-bond acceptors (Lipinski definition) is 4. The Kier molecular flexibility index (Phi) is 6.88. The third-order valence-corrected chi connectivity index (χ3v) is 9.69. The van der Waals surface area contributed by atoms with Crippen LogP contribution >= 0.6 is 25.5 Å². The molecule has 1 rings (SSSR count). The topological polar surface area (TPSA) is 55.8 Å². The number of piperidine rings is 1. The molecule has 1 aliphatic rings. The first kappa shape index (κ1) is 16.7. The third kappa shape index (κ3) is 4.96. The van der Waals surface area contributed by atoms with E-state index in [9.17, 15) is 9.13 Å². The van der Waals surface area contributed by atoms with Crippen LogP contribution in [0.25, 0.3) is 0 Å². The fourth-order valence-electron chi connectivity index (χ4n) is 1.99. The highest BCUT2D eigenvalue weighted by atomic mass is 35.7. The average molecular weight is 318 g/mol. The second-order valence-corrected chi connectivity index (χ2v) is 10.5. The van der Waals surface area contributed by atoms with Gasteiger partial charge in [0.2, 0.25) is 6.65 Å². The molecule has 0 spiro atoms. The van der Waals surface area contributed by atoms with Gasteiger partial charge in [0.05, 0.1) is 13.2 Å². The van der Waals surface area contributed by atoms with Crippen LogP contribution in [-0.2, 0) is 18.2 Å². The molecule has 8 heteroatoms. The normalized spacial score (nSPS) is 21.7. The molecule has 0 radical (unpaired) electrons. The van der Waals surface area contributed by atoms with Crippen molar-refractivity contribution in [3.05, 3.63) is 0 Å². The molecular weight excluding hydrogens is 296 g/mol. The molecule has 1 fully saturated rings. The maximum Gasteiger partial charge on any atom is 0.340 e. The van der Waals surface area contributed by atoms with E-state index in [4.69, 9.17) is 20.3 Å². The summed E-state index contributed by atoms with van der Waals surface area (Å²) < 4.78 is 36.9. The predicted molar refractivity (Wildman–Crippen MR) is 74.6 cm³/mol. The van der Waals surface area contributed by atoms with Crippen molar-refractivity contribution in [1.29, 1.82) is 0 Å². The first-order valence-corrected chi connectivity index (χ1v) is 10.8. The lowest BCUT2D eigenvalue weighted by atomic mass is 10.2. The molecule has 0 saturated carbocycles.